The molecule has 0 aliphatic rings. The molecule has 1 unspecified atom stereocenters. The van der Waals surface area contributed by atoms with E-state index in [2.05, 4.69) is 13.2 Å². The number of hydrogen-bond acceptors (Lipinski definition) is 4. The van der Waals surface area contributed by atoms with Crippen molar-refractivity contribution in [2.45, 2.75) is 39.2 Å². The molecule has 4 nitrogen and oxygen atoms in total. The van der Waals surface area contributed by atoms with Crippen LogP contribution in [0.4, 0.5) is 0 Å². The minimum absolute atomic E-state index is 0.221. The van der Waals surface area contributed by atoms with Crippen LogP contribution in [0.1, 0.15) is 33.1 Å². The lowest BCUT2D eigenvalue weighted by molar-refractivity contribution is -0.146. The molecule has 0 saturated carbocycles. The van der Waals surface area contributed by atoms with Gasteiger partial charge in [-0.3, -0.25) is 0 Å². The topological polar surface area (TPSA) is 52.6 Å². The Morgan fingerprint density at radius 3 is 2.47 bits per heavy atom. The Morgan fingerprint density at radius 2 is 2.00 bits per heavy atom. The standard InChI is InChI=1S/C13H20O4/c1-5-7-11(17-13(15)10(3)4)8-9-16-12(14)6-2/h6,11H,2-3,5,7-9H2,1,4H3. The summed E-state index contributed by atoms with van der Waals surface area (Å²) in [6, 6.07) is 0. The molecule has 0 aliphatic carbocycles. The molecule has 17 heavy (non-hydrogen) atoms. The maximum Gasteiger partial charge on any atom is 0.333 e. The fourth-order valence-corrected chi connectivity index (χ4v) is 1.19. The molecule has 0 fully saturated rings. The van der Waals surface area contributed by atoms with Crippen LogP contribution in [0.3, 0.4) is 0 Å². The van der Waals surface area contributed by atoms with Gasteiger partial charge in [-0.15, -0.1) is 0 Å². The minimum Gasteiger partial charge on any atom is -0.462 e. The van der Waals surface area contributed by atoms with Gasteiger partial charge >= 0.3 is 11.9 Å². The predicted molar refractivity (Wildman–Crippen MR) is 65.4 cm³/mol. The highest BCUT2D eigenvalue weighted by molar-refractivity contribution is 5.87. The third kappa shape index (κ3) is 7.33. The van der Waals surface area contributed by atoms with Crippen molar-refractivity contribution in [2.75, 3.05) is 6.61 Å². The van der Waals surface area contributed by atoms with E-state index in [4.69, 9.17) is 9.47 Å². The number of hydrogen-bond donors (Lipinski definition) is 0. The molecule has 0 rings (SSSR count). The van der Waals surface area contributed by atoms with Gasteiger partial charge < -0.3 is 9.47 Å². The maximum absolute atomic E-state index is 11.3. The van der Waals surface area contributed by atoms with Crippen LogP contribution in [0.25, 0.3) is 0 Å². The minimum atomic E-state index is -0.466. The largest absolute Gasteiger partial charge is 0.462 e. The molecule has 0 aromatic carbocycles. The highest BCUT2D eigenvalue weighted by Crippen LogP contribution is 2.09. The first-order valence-electron chi connectivity index (χ1n) is 5.66. The number of ether oxygens (including phenoxy) is 2. The second-order valence-electron chi connectivity index (χ2n) is 3.76. The zero-order valence-corrected chi connectivity index (χ0v) is 10.5. The van der Waals surface area contributed by atoms with Crippen LogP contribution in [0, 0.1) is 0 Å². The fraction of sp³-hybridized carbons (Fsp3) is 0.538. The number of carbonyl (C=O) groups is 2. The van der Waals surface area contributed by atoms with Crippen LogP contribution in [-0.2, 0) is 19.1 Å². The molecule has 0 bridgehead atoms. The van der Waals surface area contributed by atoms with Crippen molar-refractivity contribution in [3.63, 3.8) is 0 Å². The number of rotatable bonds is 8. The summed E-state index contributed by atoms with van der Waals surface area (Å²) >= 11 is 0. The summed E-state index contributed by atoms with van der Waals surface area (Å²) < 4.78 is 10.1. The smallest absolute Gasteiger partial charge is 0.333 e. The molecule has 4 heteroatoms. The lowest BCUT2D eigenvalue weighted by atomic mass is 10.1. The summed E-state index contributed by atoms with van der Waals surface area (Å²) in [5.74, 6) is -0.870. The van der Waals surface area contributed by atoms with Gasteiger partial charge in [0.15, 0.2) is 0 Å². The van der Waals surface area contributed by atoms with Gasteiger partial charge in [0.05, 0.1) is 6.61 Å². The summed E-state index contributed by atoms with van der Waals surface area (Å²) in [5.41, 5.74) is 0.370. The number of carbonyl (C=O) groups excluding carboxylic acids is 2. The molecular weight excluding hydrogens is 220 g/mol. The van der Waals surface area contributed by atoms with Crippen LogP contribution < -0.4 is 0 Å². The lowest BCUT2D eigenvalue weighted by Crippen LogP contribution is -2.21. The SMILES string of the molecule is C=CC(=O)OCCC(CCC)OC(=O)C(=C)C. The Kier molecular flexibility index (Phi) is 7.76. The quantitative estimate of drug-likeness (QED) is 0.483. The second kappa shape index (κ2) is 8.56. The van der Waals surface area contributed by atoms with Gasteiger partial charge in [0.1, 0.15) is 6.10 Å². The van der Waals surface area contributed by atoms with E-state index in [1.54, 1.807) is 6.92 Å². The third-order valence-electron chi connectivity index (χ3n) is 2.08. The molecule has 0 aromatic heterocycles. The molecule has 0 heterocycles. The van der Waals surface area contributed by atoms with E-state index in [9.17, 15) is 9.59 Å². The fourth-order valence-electron chi connectivity index (χ4n) is 1.19. The average Bonchev–Trinajstić information content (AvgIpc) is 2.28. The summed E-state index contributed by atoms with van der Waals surface area (Å²) in [4.78, 5) is 22.2. The van der Waals surface area contributed by atoms with Crippen molar-refractivity contribution in [2.24, 2.45) is 0 Å². The second-order valence-corrected chi connectivity index (χ2v) is 3.76. The van der Waals surface area contributed by atoms with Crippen molar-refractivity contribution in [3.05, 3.63) is 24.8 Å². The summed E-state index contributed by atoms with van der Waals surface area (Å²) in [6.45, 7) is 10.6. The molecule has 0 N–H and O–H groups in total. The molecule has 0 radical (unpaired) electrons. The monoisotopic (exact) mass is 240 g/mol. The van der Waals surface area contributed by atoms with E-state index in [0.29, 0.717) is 12.0 Å². The van der Waals surface area contributed by atoms with Crippen LogP contribution in [0.15, 0.2) is 24.8 Å². The molecular formula is C13H20O4. The van der Waals surface area contributed by atoms with E-state index < -0.39 is 11.9 Å². The first-order chi connectivity index (χ1) is 8.01. The van der Waals surface area contributed by atoms with Gasteiger partial charge in [-0.1, -0.05) is 26.5 Å². The van der Waals surface area contributed by atoms with Crippen molar-refractivity contribution in [1.29, 1.82) is 0 Å². The first-order valence-corrected chi connectivity index (χ1v) is 5.66. The normalized spacial score (nSPS) is 11.4. The predicted octanol–water partition coefficient (Wildman–Crippen LogP) is 2.39. The molecule has 0 spiro atoms. The van der Waals surface area contributed by atoms with Crippen LogP contribution in [-0.4, -0.2) is 24.6 Å². The zero-order valence-electron chi connectivity index (χ0n) is 10.5. The van der Waals surface area contributed by atoms with E-state index in [0.717, 1.165) is 18.9 Å². The van der Waals surface area contributed by atoms with Gasteiger partial charge in [-0.05, 0) is 13.3 Å². The van der Waals surface area contributed by atoms with Crippen molar-refractivity contribution >= 4 is 11.9 Å². The summed E-state index contributed by atoms with van der Waals surface area (Å²) in [6.07, 6.45) is 3.00. The molecule has 0 saturated heterocycles. The third-order valence-corrected chi connectivity index (χ3v) is 2.08. The van der Waals surface area contributed by atoms with E-state index in [1.807, 2.05) is 6.92 Å². The molecule has 96 valence electrons. The van der Waals surface area contributed by atoms with Gasteiger partial charge in [0.25, 0.3) is 0 Å². The molecule has 0 amide bonds. The van der Waals surface area contributed by atoms with Gasteiger partial charge in [-0.25, -0.2) is 9.59 Å². The van der Waals surface area contributed by atoms with Crippen molar-refractivity contribution in [3.8, 4) is 0 Å². The summed E-state index contributed by atoms with van der Waals surface area (Å²) in [5, 5.41) is 0. The van der Waals surface area contributed by atoms with Crippen LogP contribution in [0.2, 0.25) is 0 Å². The first kappa shape index (κ1) is 15.4. The Hall–Kier alpha value is -1.58. The highest BCUT2D eigenvalue weighted by Gasteiger charge is 2.14. The lowest BCUT2D eigenvalue weighted by Gasteiger charge is -2.17. The highest BCUT2D eigenvalue weighted by atomic mass is 16.6. The van der Waals surface area contributed by atoms with Gasteiger partial charge in [0.2, 0.25) is 0 Å². The molecule has 0 aliphatic heterocycles. The van der Waals surface area contributed by atoms with E-state index in [1.165, 1.54) is 0 Å². The average molecular weight is 240 g/mol. The van der Waals surface area contributed by atoms with E-state index in [-0.39, 0.29) is 12.7 Å². The Labute approximate surface area is 102 Å². The van der Waals surface area contributed by atoms with E-state index >= 15 is 0 Å². The Morgan fingerprint density at radius 1 is 1.35 bits per heavy atom. The summed E-state index contributed by atoms with van der Waals surface area (Å²) in [7, 11) is 0. The van der Waals surface area contributed by atoms with Gasteiger partial charge in [0, 0.05) is 18.1 Å². The van der Waals surface area contributed by atoms with Crippen LogP contribution >= 0.6 is 0 Å². The Bertz CT molecular complexity index is 294. The molecule has 1 atom stereocenters. The van der Waals surface area contributed by atoms with Crippen LogP contribution in [0.5, 0.6) is 0 Å². The van der Waals surface area contributed by atoms with Crippen molar-refractivity contribution < 1.29 is 19.1 Å². The van der Waals surface area contributed by atoms with Crippen molar-refractivity contribution in [1.82, 2.24) is 0 Å². The zero-order chi connectivity index (χ0) is 13.3. The Balaban J connectivity index is 4.06. The maximum atomic E-state index is 11.3. The molecule has 0 aromatic rings. The van der Waals surface area contributed by atoms with Gasteiger partial charge in [-0.2, -0.15) is 0 Å². The number of esters is 2.